The Bertz CT molecular complexity index is 559. The van der Waals surface area contributed by atoms with Crippen LogP contribution in [0.3, 0.4) is 0 Å². The van der Waals surface area contributed by atoms with Gasteiger partial charge in [0.05, 0.1) is 5.69 Å². The Hall–Kier alpha value is -1.11. The van der Waals surface area contributed by atoms with Gasteiger partial charge < -0.3 is 10.2 Å². The minimum atomic E-state index is -3.45. The van der Waals surface area contributed by atoms with Crippen LogP contribution in [0.25, 0.3) is 0 Å². The van der Waals surface area contributed by atoms with E-state index in [0.29, 0.717) is 23.2 Å². The van der Waals surface area contributed by atoms with Crippen LogP contribution in [0.2, 0.25) is 0 Å². The molecule has 1 unspecified atom stereocenters. The van der Waals surface area contributed by atoms with Crippen molar-refractivity contribution in [1.82, 2.24) is 9.21 Å². The van der Waals surface area contributed by atoms with Crippen LogP contribution < -0.4 is 5.32 Å². The third-order valence-electron chi connectivity index (χ3n) is 3.98. The predicted octanol–water partition coefficient (Wildman–Crippen LogP) is 1.44. The van der Waals surface area contributed by atoms with Crippen molar-refractivity contribution in [2.75, 3.05) is 39.5 Å². The van der Waals surface area contributed by atoms with E-state index < -0.39 is 10.0 Å². The van der Waals surface area contributed by atoms with Gasteiger partial charge in [-0.25, -0.2) is 8.42 Å². The summed E-state index contributed by atoms with van der Waals surface area (Å²) in [6, 6.07) is 7.33. The van der Waals surface area contributed by atoms with Gasteiger partial charge >= 0.3 is 0 Å². The topological polar surface area (TPSA) is 52.7 Å². The van der Waals surface area contributed by atoms with Gasteiger partial charge in [-0.3, -0.25) is 0 Å². The first-order valence-electron chi connectivity index (χ1n) is 6.90. The summed E-state index contributed by atoms with van der Waals surface area (Å²) in [5.41, 5.74) is 0.638. The number of anilines is 1. The SMILES string of the molecule is CNc1ccccc1S(=O)(=O)N(C)CC1CCCN1C. The number of likely N-dealkylation sites (N-methyl/N-ethyl adjacent to an activating group) is 2. The molecule has 5 nitrogen and oxygen atoms in total. The highest BCUT2D eigenvalue weighted by molar-refractivity contribution is 7.89. The van der Waals surface area contributed by atoms with E-state index in [9.17, 15) is 8.42 Å². The highest BCUT2D eigenvalue weighted by Crippen LogP contribution is 2.25. The number of benzene rings is 1. The fourth-order valence-corrected chi connectivity index (χ4v) is 4.07. The summed E-state index contributed by atoms with van der Waals surface area (Å²) < 4.78 is 26.8. The summed E-state index contributed by atoms with van der Waals surface area (Å²) >= 11 is 0. The maximum Gasteiger partial charge on any atom is 0.244 e. The summed E-state index contributed by atoms with van der Waals surface area (Å²) in [5, 5.41) is 2.94. The Morgan fingerprint density at radius 2 is 2.10 bits per heavy atom. The maximum atomic E-state index is 12.7. The van der Waals surface area contributed by atoms with Gasteiger partial charge in [0.2, 0.25) is 10.0 Å². The van der Waals surface area contributed by atoms with E-state index >= 15 is 0 Å². The zero-order valence-corrected chi connectivity index (χ0v) is 13.2. The van der Waals surface area contributed by atoms with E-state index in [0.717, 1.165) is 19.4 Å². The number of likely N-dealkylation sites (tertiary alicyclic amines) is 1. The van der Waals surface area contributed by atoms with Gasteiger partial charge in [-0.1, -0.05) is 12.1 Å². The molecule has 0 amide bonds. The van der Waals surface area contributed by atoms with Crippen molar-refractivity contribution in [2.24, 2.45) is 0 Å². The molecule has 6 heteroatoms. The third kappa shape index (κ3) is 2.97. The first kappa shape index (κ1) is 15.3. The Kier molecular flexibility index (Phi) is 4.67. The molecule has 1 heterocycles. The second-order valence-electron chi connectivity index (χ2n) is 5.31. The zero-order chi connectivity index (χ0) is 14.8. The summed E-state index contributed by atoms with van der Waals surface area (Å²) in [7, 11) is 2.00. The summed E-state index contributed by atoms with van der Waals surface area (Å²) in [4.78, 5) is 2.57. The molecule has 0 aliphatic carbocycles. The minimum absolute atomic E-state index is 0.316. The monoisotopic (exact) mass is 297 g/mol. The molecule has 0 bridgehead atoms. The second-order valence-corrected chi connectivity index (χ2v) is 7.32. The van der Waals surface area contributed by atoms with E-state index in [-0.39, 0.29) is 0 Å². The predicted molar refractivity (Wildman–Crippen MR) is 81.5 cm³/mol. The van der Waals surface area contributed by atoms with Gasteiger partial charge in [-0.05, 0) is 38.6 Å². The van der Waals surface area contributed by atoms with Crippen LogP contribution >= 0.6 is 0 Å². The smallest absolute Gasteiger partial charge is 0.244 e. The fourth-order valence-electron chi connectivity index (χ4n) is 2.67. The van der Waals surface area contributed by atoms with Crippen LogP contribution in [-0.4, -0.2) is 57.9 Å². The molecule has 1 aromatic rings. The van der Waals surface area contributed by atoms with Crippen molar-refractivity contribution in [3.05, 3.63) is 24.3 Å². The standard InChI is InChI=1S/C14H23N3O2S/c1-15-13-8-4-5-9-14(13)20(18,19)17(3)11-12-7-6-10-16(12)2/h4-5,8-9,12,15H,6-7,10-11H2,1-3H3. The Labute approximate surface area is 121 Å². The van der Waals surface area contributed by atoms with Crippen molar-refractivity contribution in [3.8, 4) is 0 Å². The Balaban J connectivity index is 2.21. The minimum Gasteiger partial charge on any atom is -0.387 e. The third-order valence-corrected chi connectivity index (χ3v) is 5.87. The number of nitrogens with one attached hydrogen (secondary N) is 1. The van der Waals surface area contributed by atoms with Gasteiger partial charge in [-0.2, -0.15) is 4.31 Å². The second kappa shape index (κ2) is 6.11. The molecule has 1 atom stereocenters. The van der Waals surface area contributed by atoms with Gasteiger partial charge in [0.25, 0.3) is 0 Å². The van der Waals surface area contributed by atoms with Crippen molar-refractivity contribution in [2.45, 2.75) is 23.8 Å². The highest BCUT2D eigenvalue weighted by Gasteiger charge is 2.29. The molecule has 1 aromatic carbocycles. The fraction of sp³-hybridized carbons (Fsp3) is 0.571. The van der Waals surface area contributed by atoms with E-state index in [4.69, 9.17) is 0 Å². The summed E-state index contributed by atoms with van der Waals surface area (Å²) in [6.07, 6.45) is 2.20. The number of sulfonamides is 1. The number of rotatable bonds is 5. The van der Waals surface area contributed by atoms with Crippen molar-refractivity contribution in [3.63, 3.8) is 0 Å². The van der Waals surface area contributed by atoms with E-state index in [1.807, 2.05) is 6.07 Å². The molecule has 0 aromatic heterocycles. The van der Waals surface area contributed by atoms with Crippen molar-refractivity contribution < 1.29 is 8.42 Å². The molecule has 2 rings (SSSR count). The molecular formula is C14H23N3O2S. The van der Waals surface area contributed by atoms with Crippen LogP contribution in [0.15, 0.2) is 29.2 Å². The normalized spacial score (nSPS) is 20.5. The largest absolute Gasteiger partial charge is 0.387 e. The van der Waals surface area contributed by atoms with Crippen LogP contribution in [0.1, 0.15) is 12.8 Å². The lowest BCUT2D eigenvalue weighted by Gasteiger charge is -2.26. The van der Waals surface area contributed by atoms with Gasteiger partial charge in [-0.15, -0.1) is 0 Å². The molecule has 112 valence electrons. The number of para-hydroxylation sites is 1. The maximum absolute atomic E-state index is 12.7. The zero-order valence-electron chi connectivity index (χ0n) is 12.3. The molecule has 1 aliphatic heterocycles. The highest BCUT2D eigenvalue weighted by atomic mass is 32.2. The van der Waals surface area contributed by atoms with Crippen LogP contribution in [0.4, 0.5) is 5.69 Å². The Morgan fingerprint density at radius 1 is 1.40 bits per heavy atom. The lowest BCUT2D eigenvalue weighted by molar-refractivity contribution is 0.271. The molecule has 0 spiro atoms. The quantitative estimate of drug-likeness (QED) is 0.893. The molecule has 0 saturated carbocycles. The first-order valence-corrected chi connectivity index (χ1v) is 8.34. The number of nitrogens with zero attached hydrogens (tertiary/aromatic N) is 2. The number of hydrogen-bond donors (Lipinski definition) is 1. The summed E-state index contributed by atoms with van der Waals surface area (Å²) in [6.45, 7) is 1.59. The van der Waals surface area contributed by atoms with Crippen LogP contribution in [-0.2, 0) is 10.0 Å². The van der Waals surface area contributed by atoms with Crippen molar-refractivity contribution >= 4 is 15.7 Å². The van der Waals surface area contributed by atoms with Crippen LogP contribution in [0, 0.1) is 0 Å². The molecule has 1 saturated heterocycles. The lowest BCUT2D eigenvalue weighted by Crippen LogP contribution is -2.39. The summed E-state index contributed by atoms with van der Waals surface area (Å²) in [5.74, 6) is 0. The molecule has 1 N–H and O–H groups in total. The molecule has 20 heavy (non-hydrogen) atoms. The average molecular weight is 297 g/mol. The van der Waals surface area contributed by atoms with Crippen molar-refractivity contribution in [1.29, 1.82) is 0 Å². The van der Waals surface area contributed by atoms with E-state index in [1.165, 1.54) is 4.31 Å². The van der Waals surface area contributed by atoms with Gasteiger partial charge in [0, 0.05) is 26.7 Å². The molecule has 1 aliphatic rings. The average Bonchev–Trinajstić information content (AvgIpc) is 2.84. The first-order chi connectivity index (χ1) is 9.46. The lowest BCUT2D eigenvalue weighted by atomic mass is 10.2. The Morgan fingerprint density at radius 3 is 2.70 bits per heavy atom. The molecule has 0 radical (unpaired) electrons. The van der Waals surface area contributed by atoms with E-state index in [2.05, 4.69) is 17.3 Å². The molecular weight excluding hydrogens is 274 g/mol. The molecule has 1 fully saturated rings. The van der Waals surface area contributed by atoms with Crippen LogP contribution in [0.5, 0.6) is 0 Å². The van der Waals surface area contributed by atoms with Gasteiger partial charge in [0.1, 0.15) is 4.90 Å². The van der Waals surface area contributed by atoms with E-state index in [1.54, 1.807) is 32.3 Å². The number of hydrogen-bond acceptors (Lipinski definition) is 4. The van der Waals surface area contributed by atoms with Gasteiger partial charge in [0.15, 0.2) is 0 Å².